The third-order valence-electron chi connectivity index (χ3n) is 4.14. The molecule has 0 bridgehead atoms. The first-order chi connectivity index (χ1) is 11.3. The van der Waals surface area contributed by atoms with Crippen molar-refractivity contribution in [2.24, 2.45) is 0 Å². The van der Waals surface area contributed by atoms with E-state index in [2.05, 4.69) is 35.4 Å². The fourth-order valence-electron chi connectivity index (χ4n) is 2.87. The van der Waals surface area contributed by atoms with Gasteiger partial charge in [0.1, 0.15) is 16.7 Å². The van der Waals surface area contributed by atoms with Crippen LogP contribution in [0.15, 0.2) is 29.8 Å². The lowest BCUT2D eigenvalue weighted by atomic mass is 10.1. The number of rotatable bonds is 4. The molecule has 3 aromatic rings. The molecule has 1 aliphatic rings. The Bertz CT molecular complexity index is 794. The zero-order chi connectivity index (χ0) is 15.6. The van der Waals surface area contributed by atoms with Crippen molar-refractivity contribution in [1.82, 2.24) is 30.0 Å². The second-order valence-electron chi connectivity index (χ2n) is 5.75. The van der Waals surface area contributed by atoms with Crippen LogP contribution in [0.3, 0.4) is 0 Å². The molecule has 4 rings (SSSR count). The lowest BCUT2D eigenvalue weighted by molar-refractivity contribution is 0.374. The largest absolute Gasteiger partial charge is 0.314 e. The van der Waals surface area contributed by atoms with Gasteiger partial charge in [0.15, 0.2) is 0 Å². The summed E-state index contributed by atoms with van der Waals surface area (Å²) in [6.07, 6.45) is 3.87. The molecule has 0 amide bonds. The average molecular weight is 326 g/mol. The molecule has 0 spiro atoms. The Kier molecular flexibility index (Phi) is 3.88. The Morgan fingerprint density at radius 1 is 1.35 bits per heavy atom. The van der Waals surface area contributed by atoms with Crippen LogP contribution in [0.1, 0.15) is 23.8 Å². The molecule has 0 radical (unpaired) electrons. The first-order valence-electron chi connectivity index (χ1n) is 7.77. The predicted molar refractivity (Wildman–Crippen MR) is 89.1 cm³/mol. The second-order valence-corrected chi connectivity index (χ2v) is 6.61. The van der Waals surface area contributed by atoms with Crippen LogP contribution < -0.4 is 5.32 Å². The number of aryl methyl sites for hydroxylation is 2. The summed E-state index contributed by atoms with van der Waals surface area (Å²) in [5.41, 5.74) is 2.01. The SMILES string of the molecule is Cc1nnc2n1C[C@H](NCc1csc(-c3ccccn3)n1)CC2. The lowest BCUT2D eigenvalue weighted by Gasteiger charge is -2.24. The third kappa shape index (κ3) is 3.02. The summed E-state index contributed by atoms with van der Waals surface area (Å²) in [5, 5.41) is 15.1. The summed E-state index contributed by atoms with van der Waals surface area (Å²) in [4.78, 5) is 9.03. The maximum absolute atomic E-state index is 4.68. The van der Waals surface area contributed by atoms with Gasteiger partial charge in [-0.05, 0) is 25.5 Å². The van der Waals surface area contributed by atoms with E-state index in [1.807, 2.05) is 25.1 Å². The van der Waals surface area contributed by atoms with E-state index in [0.29, 0.717) is 6.04 Å². The monoisotopic (exact) mass is 326 g/mol. The number of hydrogen-bond donors (Lipinski definition) is 1. The maximum Gasteiger partial charge on any atom is 0.142 e. The summed E-state index contributed by atoms with van der Waals surface area (Å²) in [6, 6.07) is 6.34. The number of fused-ring (bicyclic) bond motifs is 1. The molecule has 118 valence electrons. The highest BCUT2D eigenvalue weighted by atomic mass is 32.1. The van der Waals surface area contributed by atoms with Crippen molar-refractivity contribution in [2.45, 2.75) is 38.9 Å². The fraction of sp³-hybridized carbons (Fsp3) is 0.375. The highest BCUT2D eigenvalue weighted by Gasteiger charge is 2.21. The number of aromatic nitrogens is 5. The van der Waals surface area contributed by atoms with Gasteiger partial charge in [0.05, 0.1) is 11.4 Å². The molecular weight excluding hydrogens is 308 g/mol. The topological polar surface area (TPSA) is 68.5 Å². The van der Waals surface area contributed by atoms with E-state index < -0.39 is 0 Å². The van der Waals surface area contributed by atoms with Gasteiger partial charge in [-0.1, -0.05) is 6.07 Å². The molecule has 0 fully saturated rings. The normalized spacial score (nSPS) is 17.2. The predicted octanol–water partition coefficient (Wildman–Crippen LogP) is 2.21. The van der Waals surface area contributed by atoms with Crippen LogP contribution in [0.5, 0.6) is 0 Å². The van der Waals surface area contributed by atoms with Crippen molar-refractivity contribution >= 4 is 11.3 Å². The number of nitrogens with one attached hydrogen (secondary N) is 1. The molecule has 1 N–H and O–H groups in total. The van der Waals surface area contributed by atoms with Crippen molar-refractivity contribution in [2.75, 3.05) is 0 Å². The number of hydrogen-bond acceptors (Lipinski definition) is 6. The summed E-state index contributed by atoms with van der Waals surface area (Å²) < 4.78 is 2.21. The quantitative estimate of drug-likeness (QED) is 0.796. The maximum atomic E-state index is 4.68. The van der Waals surface area contributed by atoms with Crippen molar-refractivity contribution < 1.29 is 0 Å². The number of pyridine rings is 1. The van der Waals surface area contributed by atoms with Crippen molar-refractivity contribution in [3.05, 3.63) is 47.1 Å². The molecule has 1 atom stereocenters. The van der Waals surface area contributed by atoms with Gasteiger partial charge in [-0.3, -0.25) is 4.98 Å². The van der Waals surface area contributed by atoms with E-state index in [4.69, 9.17) is 0 Å². The molecule has 7 heteroatoms. The molecule has 3 aromatic heterocycles. The Labute approximate surface area is 138 Å². The van der Waals surface area contributed by atoms with E-state index in [0.717, 1.165) is 54.0 Å². The van der Waals surface area contributed by atoms with E-state index in [1.165, 1.54) is 0 Å². The zero-order valence-corrected chi connectivity index (χ0v) is 13.8. The van der Waals surface area contributed by atoms with Gasteiger partial charge in [-0.2, -0.15) is 0 Å². The molecule has 0 saturated carbocycles. The Morgan fingerprint density at radius 3 is 3.17 bits per heavy atom. The first kappa shape index (κ1) is 14.5. The molecule has 0 saturated heterocycles. The Balaban J connectivity index is 1.39. The van der Waals surface area contributed by atoms with Crippen LogP contribution >= 0.6 is 11.3 Å². The average Bonchev–Trinajstić information content (AvgIpc) is 3.21. The van der Waals surface area contributed by atoms with Gasteiger partial charge in [0.25, 0.3) is 0 Å². The van der Waals surface area contributed by atoms with Crippen LogP contribution in [0.25, 0.3) is 10.7 Å². The van der Waals surface area contributed by atoms with E-state index in [9.17, 15) is 0 Å². The summed E-state index contributed by atoms with van der Waals surface area (Å²) in [6.45, 7) is 3.73. The van der Waals surface area contributed by atoms with Gasteiger partial charge < -0.3 is 9.88 Å². The minimum Gasteiger partial charge on any atom is -0.314 e. The van der Waals surface area contributed by atoms with Crippen LogP contribution in [-0.2, 0) is 19.5 Å². The molecule has 23 heavy (non-hydrogen) atoms. The smallest absolute Gasteiger partial charge is 0.142 e. The minimum atomic E-state index is 0.442. The molecule has 0 aliphatic carbocycles. The van der Waals surface area contributed by atoms with Gasteiger partial charge in [0, 0.05) is 37.1 Å². The Morgan fingerprint density at radius 2 is 2.30 bits per heavy atom. The Hall–Kier alpha value is -2.12. The van der Waals surface area contributed by atoms with Gasteiger partial charge in [0.2, 0.25) is 0 Å². The highest BCUT2D eigenvalue weighted by molar-refractivity contribution is 7.13. The standard InChI is InChI=1S/C16H18N6S/c1-11-20-21-15-6-5-12(9-22(11)15)18-8-13-10-23-16(19-13)14-4-2-3-7-17-14/h2-4,7,10,12,18H,5-6,8-9H2,1H3/t12-/m1/s1. The summed E-state index contributed by atoms with van der Waals surface area (Å²) in [5.74, 6) is 2.10. The van der Waals surface area contributed by atoms with Crippen molar-refractivity contribution in [3.8, 4) is 10.7 Å². The second kappa shape index (κ2) is 6.17. The van der Waals surface area contributed by atoms with E-state index in [-0.39, 0.29) is 0 Å². The van der Waals surface area contributed by atoms with Gasteiger partial charge in [-0.25, -0.2) is 4.98 Å². The molecule has 6 nitrogen and oxygen atoms in total. The van der Waals surface area contributed by atoms with Crippen LogP contribution in [0, 0.1) is 6.92 Å². The van der Waals surface area contributed by atoms with E-state index in [1.54, 1.807) is 17.5 Å². The molecule has 0 aromatic carbocycles. The van der Waals surface area contributed by atoms with Crippen molar-refractivity contribution in [1.29, 1.82) is 0 Å². The molecule has 1 aliphatic heterocycles. The first-order valence-corrected chi connectivity index (χ1v) is 8.65. The lowest BCUT2D eigenvalue weighted by Crippen LogP contribution is -2.37. The molecule has 4 heterocycles. The van der Waals surface area contributed by atoms with Crippen LogP contribution in [0.4, 0.5) is 0 Å². The minimum absolute atomic E-state index is 0.442. The highest BCUT2D eigenvalue weighted by Crippen LogP contribution is 2.21. The number of nitrogens with zero attached hydrogens (tertiary/aromatic N) is 5. The number of thiazole rings is 1. The van der Waals surface area contributed by atoms with Crippen LogP contribution in [-0.4, -0.2) is 30.8 Å². The van der Waals surface area contributed by atoms with Crippen LogP contribution in [0.2, 0.25) is 0 Å². The third-order valence-corrected chi connectivity index (χ3v) is 5.05. The van der Waals surface area contributed by atoms with Gasteiger partial charge in [-0.15, -0.1) is 21.5 Å². The van der Waals surface area contributed by atoms with E-state index >= 15 is 0 Å². The molecule has 0 unspecified atom stereocenters. The summed E-state index contributed by atoms with van der Waals surface area (Å²) >= 11 is 1.64. The molecular formula is C16H18N6S. The van der Waals surface area contributed by atoms with Gasteiger partial charge >= 0.3 is 0 Å². The van der Waals surface area contributed by atoms with Crippen molar-refractivity contribution in [3.63, 3.8) is 0 Å². The summed E-state index contributed by atoms with van der Waals surface area (Å²) in [7, 11) is 0. The zero-order valence-electron chi connectivity index (χ0n) is 12.9. The fourth-order valence-corrected chi connectivity index (χ4v) is 3.67.